The van der Waals surface area contributed by atoms with Crippen LogP contribution in [0.4, 0.5) is 4.39 Å². The second-order valence-electron chi connectivity index (χ2n) is 7.42. The summed E-state index contributed by atoms with van der Waals surface area (Å²) in [5, 5.41) is 8.10. The Labute approximate surface area is 170 Å². The first-order chi connectivity index (χ1) is 13.3. The molecular formula is C19H19ClFN3O3S. The van der Waals surface area contributed by atoms with Gasteiger partial charge in [-0.05, 0) is 44.2 Å². The molecule has 6 nitrogen and oxygen atoms in total. The van der Waals surface area contributed by atoms with Crippen molar-refractivity contribution in [1.82, 2.24) is 15.6 Å². The van der Waals surface area contributed by atoms with Gasteiger partial charge in [-0.3, -0.25) is 9.59 Å². The first kappa shape index (κ1) is 19.1. The van der Waals surface area contributed by atoms with Crippen LogP contribution in [0.5, 0.6) is 5.75 Å². The van der Waals surface area contributed by atoms with Crippen molar-refractivity contribution < 1.29 is 18.7 Å². The van der Waals surface area contributed by atoms with Crippen LogP contribution in [-0.2, 0) is 9.59 Å². The van der Waals surface area contributed by atoms with Crippen molar-refractivity contribution >= 4 is 34.8 Å². The van der Waals surface area contributed by atoms with Crippen LogP contribution in [0.2, 0.25) is 5.02 Å². The molecule has 9 heteroatoms. The van der Waals surface area contributed by atoms with Crippen LogP contribution in [0.3, 0.4) is 0 Å². The maximum atomic E-state index is 13.5. The highest BCUT2D eigenvalue weighted by Gasteiger charge is 2.61. The zero-order valence-electron chi connectivity index (χ0n) is 15.1. The number of thiazole rings is 1. The van der Waals surface area contributed by atoms with Gasteiger partial charge in [-0.25, -0.2) is 9.37 Å². The second-order valence-corrected chi connectivity index (χ2v) is 8.72. The Morgan fingerprint density at radius 1 is 1.39 bits per heavy atom. The van der Waals surface area contributed by atoms with Crippen LogP contribution in [0.15, 0.2) is 23.6 Å². The Bertz CT molecular complexity index is 918. The highest BCUT2D eigenvalue weighted by Crippen LogP contribution is 2.64. The van der Waals surface area contributed by atoms with Gasteiger partial charge >= 0.3 is 0 Å². The number of nitrogens with one attached hydrogen (secondary N) is 2. The summed E-state index contributed by atoms with van der Waals surface area (Å²) in [7, 11) is 0. The van der Waals surface area contributed by atoms with E-state index in [1.807, 2.05) is 12.3 Å². The van der Waals surface area contributed by atoms with Gasteiger partial charge in [0.15, 0.2) is 12.8 Å². The van der Waals surface area contributed by atoms with E-state index in [-0.39, 0.29) is 28.7 Å². The zero-order valence-corrected chi connectivity index (χ0v) is 16.7. The standard InChI is InChI=1S/C19H19ClFN3O3S/c1-10-9-28-17(22-10)16(24-18(26)19-5-11(6-19)7-19)23-15(25)8-27-12-2-3-13(20)14(21)4-12/h2-4,9,11,16H,5-8H2,1H3,(H,23,25)(H,24,26). The highest BCUT2D eigenvalue weighted by atomic mass is 35.5. The van der Waals surface area contributed by atoms with Crippen molar-refractivity contribution in [2.45, 2.75) is 32.4 Å². The fraction of sp³-hybridized carbons (Fsp3) is 0.421. The molecule has 2 bridgehead atoms. The van der Waals surface area contributed by atoms with Gasteiger partial charge in [0.25, 0.3) is 5.91 Å². The lowest BCUT2D eigenvalue weighted by molar-refractivity contribution is -0.166. The second kappa shape index (κ2) is 7.33. The van der Waals surface area contributed by atoms with Gasteiger partial charge in [0, 0.05) is 17.1 Å². The molecule has 1 aromatic carbocycles. The molecule has 2 aromatic rings. The summed E-state index contributed by atoms with van der Waals surface area (Å²) < 4.78 is 18.8. The Kier molecular flexibility index (Phi) is 5.01. The number of aromatic nitrogens is 1. The maximum absolute atomic E-state index is 13.5. The van der Waals surface area contributed by atoms with E-state index in [0.29, 0.717) is 10.9 Å². The van der Waals surface area contributed by atoms with Gasteiger partial charge in [0.1, 0.15) is 16.6 Å². The molecule has 3 saturated carbocycles. The minimum atomic E-state index is -0.724. The van der Waals surface area contributed by atoms with E-state index in [4.69, 9.17) is 16.3 Å². The molecule has 0 aliphatic heterocycles. The average molecular weight is 424 g/mol. The van der Waals surface area contributed by atoms with Gasteiger partial charge in [-0.2, -0.15) is 0 Å². The molecular weight excluding hydrogens is 405 g/mol. The molecule has 28 heavy (non-hydrogen) atoms. The maximum Gasteiger partial charge on any atom is 0.259 e. The number of hydrogen-bond donors (Lipinski definition) is 2. The van der Waals surface area contributed by atoms with Crippen molar-refractivity contribution in [2.75, 3.05) is 6.61 Å². The van der Waals surface area contributed by atoms with E-state index in [2.05, 4.69) is 15.6 Å². The molecule has 0 radical (unpaired) electrons. The van der Waals surface area contributed by atoms with Gasteiger partial charge in [-0.15, -0.1) is 11.3 Å². The number of ether oxygens (including phenoxy) is 1. The molecule has 1 aromatic heterocycles. The third kappa shape index (κ3) is 3.71. The zero-order chi connectivity index (χ0) is 19.9. The van der Waals surface area contributed by atoms with Crippen molar-refractivity contribution in [3.63, 3.8) is 0 Å². The van der Waals surface area contributed by atoms with Crippen LogP contribution in [0.1, 0.15) is 36.1 Å². The third-order valence-corrected chi connectivity index (χ3v) is 6.58. The molecule has 5 rings (SSSR count). The summed E-state index contributed by atoms with van der Waals surface area (Å²) in [4.78, 5) is 29.4. The number of halogens is 2. The third-order valence-electron chi connectivity index (χ3n) is 5.25. The molecule has 2 N–H and O–H groups in total. The first-order valence-electron chi connectivity index (χ1n) is 8.95. The predicted molar refractivity (Wildman–Crippen MR) is 103 cm³/mol. The minimum absolute atomic E-state index is 0.0210. The van der Waals surface area contributed by atoms with E-state index < -0.39 is 17.9 Å². The smallest absolute Gasteiger partial charge is 0.259 e. The topological polar surface area (TPSA) is 80.3 Å². The van der Waals surface area contributed by atoms with E-state index in [0.717, 1.165) is 31.0 Å². The van der Waals surface area contributed by atoms with Crippen LogP contribution >= 0.6 is 22.9 Å². The summed E-state index contributed by atoms with van der Waals surface area (Å²) in [5.41, 5.74) is 0.545. The summed E-state index contributed by atoms with van der Waals surface area (Å²) in [6.07, 6.45) is 2.03. The molecule has 2 amide bonds. The number of hydrogen-bond acceptors (Lipinski definition) is 5. The average Bonchev–Trinajstić information content (AvgIpc) is 2.99. The molecule has 3 fully saturated rings. The van der Waals surface area contributed by atoms with Gasteiger partial charge in [0.05, 0.1) is 10.4 Å². The lowest BCUT2D eigenvalue weighted by Crippen LogP contribution is -2.61. The number of benzene rings is 1. The number of carbonyl (C=O) groups excluding carboxylic acids is 2. The number of rotatable bonds is 7. The fourth-order valence-electron chi connectivity index (χ4n) is 3.62. The summed E-state index contributed by atoms with van der Waals surface area (Å²) in [6, 6.07) is 3.95. The summed E-state index contributed by atoms with van der Waals surface area (Å²) in [6.45, 7) is 1.52. The lowest BCUT2D eigenvalue weighted by atomic mass is 9.44. The SMILES string of the molecule is Cc1csc(C(NC(=O)COc2ccc(Cl)c(F)c2)NC(=O)C23CC(C2)C3)n1. The monoisotopic (exact) mass is 423 g/mol. The Balaban J connectivity index is 1.38. The molecule has 1 heterocycles. The quantitative estimate of drug-likeness (QED) is 0.669. The largest absolute Gasteiger partial charge is 0.484 e. The molecule has 3 aliphatic rings. The van der Waals surface area contributed by atoms with Crippen molar-refractivity contribution in [2.24, 2.45) is 11.3 Å². The number of aryl methyl sites for hydroxylation is 1. The van der Waals surface area contributed by atoms with Crippen molar-refractivity contribution in [3.8, 4) is 5.75 Å². The Morgan fingerprint density at radius 3 is 2.71 bits per heavy atom. The molecule has 1 atom stereocenters. The van der Waals surface area contributed by atoms with Crippen LogP contribution in [-0.4, -0.2) is 23.4 Å². The van der Waals surface area contributed by atoms with Crippen LogP contribution < -0.4 is 15.4 Å². The number of carbonyl (C=O) groups is 2. The predicted octanol–water partition coefficient (Wildman–Crippen LogP) is 3.35. The van der Waals surface area contributed by atoms with Gasteiger partial charge in [0.2, 0.25) is 5.91 Å². The van der Waals surface area contributed by atoms with E-state index in [1.54, 1.807) is 0 Å². The van der Waals surface area contributed by atoms with Crippen LogP contribution in [0, 0.1) is 24.1 Å². The van der Waals surface area contributed by atoms with Crippen molar-refractivity contribution in [1.29, 1.82) is 0 Å². The van der Waals surface area contributed by atoms with E-state index in [1.165, 1.54) is 23.5 Å². The van der Waals surface area contributed by atoms with E-state index in [9.17, 15) is 14.0 Å². The number of amides is 2. The Morgan fingerprint density at radius 2 is 2.14 bits per heavy atom. The molecule has 148 valence electrons. The minimum Gasteiger partial charge on any atom is -0.484 e. The normalized spacial score (nSPS) is 23.2. The van der Waals surface area contributed by atoms with E-state index >= 15 is 0 Å². The highest BCUT2D eigenvalue weighted by molar-refractivity contribution is 7.09. The number of nitrogens with zero attached hydrogens (tertiary/aromatic N) is 1. The van der Waals surface area contributed by atoms with Crippen LogP contribution in [0.25, 0.3) is 0 Å². The molecule has 0 spiro atoms. The lowest BCUT2D eigenvalue weighted by Gasteiger charge is -2.60. The Hall–Kier alpha value is -2.19. The van der Waals surface area contributed by atoms with Gasteiger partial charge in [-0.1, -0.05) is 11.6 Å². The molecule has 0 saturated heterocycles. The summed E-state index contributed by atoms with van der Waals surface area (Å²) >= 11 is 6.99. The fourth-order valence-corrected chi connectivity index (χ4v) is 4.54. The van der Waals surface area contributed by atoms with Gasteiger partial charge < -0.3 is 15.4 Å². The first-order valence-corrected chi connectivity index (χ1v) is 10.2. The molecule has 3 aliphatic carbocycles. The van der Waals surface area contributed by atoms with Crippen molar-refractivity contribution in [3.05, 3.63) is 45.1 Å². The molecule has 1 unspecified atom stereocenters. The summed E-state index contributed by atoms with van der Waals surface area (Å²) in [5.74, 6) is -0.257.